The third kappa shape index (κ3) is 3.32. The number of hydrogen-bond acceptors (Lipinski definition) is 7. The molecule has 0 bridgehead atoms. The first kappa shape index (κ1) is 15.3. The molecule has 0 aliphatic carbocycles. The number of carbonyl (C=O) groups is 1. The molecule has 0 aliphatic rings. The van der Waals surface area contributed by atoms with Crippen molar-refractivity contribution in [3.8, 4) is 11.4 Å². The van der Waals surface area contributed by atoms with Crippen molar-refractivity contribution < 1.29 is 14.6 Å². The minimum Gasteiger partial charge on any atom is -0.513 e. The van der Waals surface area contributed by atoms with Gasteiger partial charge in [0.25, 0.3) is 0 Å². The third-order valence-electron chi connectivity index (χ3n) is 2.68. The SMILES string of the molecule is COC(=O)C(=CO)N(C)c1nc(-c2ccc(Cl)cc2)ns1. The normalized spacial score (nSPS) is 11.3. The molecule has 0 aliphatic heterocycles. The number of aliphatic hydroxyl groups excluding tert-OH is 1. The molecule has 1 aromatic heterocycles. The van der Waals surface area contributed by atoms with E-state index in [9.17, 15) is 4.79 Å². The Morgan fingerprint density at radius 2 is 2.10 bits per heavy atom. The summed E-state index contributed by atoms with van der Waals surface area (Å²) in [7, 11) is 2.82. The largest absolute Gasteiger partial charge is 0.513 e. The van der Waals surface area contributed by atoms with Crippen LogP contribution in [0, 0.1) is 0 Å². The van der Waals surface area contributed by atoms with Crippen molar-refractivity contribution in [3.63, 3.8) is 0 Å². The van der Waals surface area contributed by atoms with Crippen LogP contribution >= 0.6 is 23.1 Å². The molecule has 0 radical (unpaired) electrons. The number of aliphatic hydroxyl groups is 1. The van der Waals surface area contributed by atoms with Gasteiger partial charge in [0.05, 0.1) is 7.11 Å². The van der Waals surface area contributed by atoms with Gasteiger partial charge < -0.3 is 14.7 Å². The smallest absolute Gasteiger partial charge is 0.357 e. The van der Waals surface area contributed by atoms with Crippen LogP contribution in [-0.2, 0) is 9.53 Å². The number of hydrogen-bond donors (Lipinski definition) is 1. The van der Waals surface area contributed by atoms with Gasteiger partial charge >= 0.3 is 5.97 Å². The maximum atomic E-state index is 11.5. The number of aromatic nitrogens is 2. The van der Waals surface area contributed by atoms with Gasteiger partial charge in [0.15, 0.2) is 11.5 Å². The Kier molecular flexibility index (Phi) is 4.77. The second-order valence-electron chi connectivity index (χ2n) is 3.97. The highest BCUT2D eigenvalue weighted by Crippen LogP contribution is 2.26. The molecule has 1 heterocycles. The Hall–Kier alpha value is -2.12. The van der Waals surface area contributed by atoms with Crippen molar-refractivity contribution in [1.29, 1.82) is 0 Å². The first-order chi connectivity index (χ1) is 10.1. The summed E-state index contributed by atoms with van der Waals surface area (Å²) in [5.74, 6) is -0.149. The zero-order valence-corrected chi connectivity index (χ0v) is 12.9. The molecule has 2 aromatic rings. The molecule has 0 spiro atoms. The van der Waals surface area contributed by atoms with Crippen LogP contribution in [0.25, 0.3) is 11.4 Å². The summed E-state index contributed by atoms with van der Waals surface area (Å²) in [6.07, 6.45) is 0.676. The van der Waals surface area contributed by atoms with Gasteiger partial charge in [0, 0.05) is 29.2 Å². The van der Waals surface area contributed by atoms with E-state index in [1.165, 1.54) is 12.0 Å². The zero-order chi connectivity index (χ0) is 15.4. The number of esters is 1. The van der Waals surface area contributed by atoms with Crippen molar-refractivity contribution >= 4 is 34.2 Å². The molecule has 0 atom stereocenters. The number of nitrogens with zero attached hydrogens (tertiary/aromatic N) is 3. The molecule has 2 rings (SSSR count). The predicted molar refractivity (Wildman–Crippen MR) is 81.5 cm³/mol. The minimum atomic E-state index is -0.664. The van der Waals surface area contributed by atoms with E-state index in [4.69, 9.17) is 16.7 Å². The fourth-order valence-electron chi connectivity index (χ4n) is 1.55. The van der Waals surface area contributed by atoms with Crippen LogP contribution in [0.2, 0.25) is 5.02 Å². The van der Waals surface area contributed by atoms with Crippen molar-refractivity contribution in [1.82, 2.24) is 9.36 Å². The number of ether oxygens (including phenoxy) is 1. The molecule has 0 amide bonds. The van der Waals surface area contributed by atoms with E-state index in [-0.39, 0.29) is 5.70 Å². The Bertz CT molecular complexity index is 670. The summed E-state index contributed by atoms with van der Waals surface area (Å²) in [5.41, 5.74) is 0.777. The van der Waals surface area contributed by atoms with Gasteiger partial charge in [-0.25, -0.2) is 4.79 Å². The van der Waals surface area contributed by atoms with Gasteiger partial charge in [-0.15, -0.1) is 0 Å². The second kappa shape index (κ2) is 6.55. The van der Waals surface area contributed by atoms with E-state index in [0.29, 0.717) is 22.2 Å². The molecule has 0 fully saturated rings. The number of benzene rings is 1. The quantitative estimate of drug-likeness (QED) is 0.529. The molecule has 21 heavy (non-hydrogen) atoms. The van der Waals surface area contributed by atoms with Gasteiger partial charge in [-0.1, -0.05) is 11.6 Å². The molecule has 6 nitrogen and oxygen atoms in total. The minimum absolute atomic E-state index is 0.0312. The van der Waals surface area contributed by atoms with Crippen LogP contribution in [0.4, 0.5) is 5.13 Å². The second-order valence-corrected chi connectivity index (χ2v) is 5.14. The third-order valence-corrected chi connectivity index (χ3v) is 3.73. The summed E-state index contributed by atoms with van der Waals surface area (Å²) in [5, 5.41) is 10.2. The summed E-state index contributed by atoms with van der Waals surface area (Å²) in [4.78, 5) is 17.3. The number of rotatable bonds is 4. The number of halogens is 1. The van der Waals surface area contributed by atoms with E-state index < -0.39 is 5.97 Å². The van der Waals surface area contributed by atoms with Crippen molar-refractivity contribution in [2.24, 2.45) is 0 Å². The summed E-state index contributed by atoms with van der Waals surface area (Å²) >= 11 is 6.93. The van der Waals surface area contributed by atoms with E-state index in [1.807, 2.05) is 0 Å². The highest BCUT2D eigenvalue weighted by Gasteiger charge is 2.20. The Labute approximate surface area is 130 Å². The lowest BCUT2D eigenvalue weighted by atomic mass is 10.2. The topological polar surface area (TPSA) is 75.6 Å². The van der Waals surface area contributed by atoms with Gasteiger partial charge in [-0.05, 0) is 24.3 Å². The van der Waals surface area contributed by atoms with E-state index in [0.717, 1.165) is 17.1 Å². The Morgan fingerprint density at radius 3 is 2.67 bits per heavy atom. The van der Waals surface area contributed by atoms with Crippen LogP contribution in [0.1, 0.15) is 0 Å². The Morgan fingerprint density at radius 1 is 1.43 bits per heavy atom. The number of anilines is 1. The molecule has 0 saturated heterocycles. The van der Waals surface area contributed by atoms with Gasteiger partial charge in [0.2, 0.25) is 5.13 Å². The maximum Gasteiger partial charge on any atom is 0.357 e. The van der Waals surface area contributed by atoms with Gasteiger partial charge in [-0.3, -0.25) is 0 Å². The average Bonchev–Trinajstić information content (AvgIpc) is 2.98. The van der Waals surface area contributed by atoms with Crippen LogP contribution in [0.5, 0.6) is 0 Å². The molecule has 0 unspecified atom stereocenters. The zero-order valence-electron chi connectivity index (χ0n) is 11.3. The van der Waals surface area contributed by atoms with Gasteiger partial charge in [-0.2, -0.15) is 9.36 Å². The fraction of sp³-hybridized carbons (Fsp3) is 0.154. The number of methoxy groups -OCH3 is 1. The number of likely N-dealkylation sites (N-methyl/N-ethyl adjacent to an activating group) is 1. The molecule has 8 heteroatoms. The van der Waals surface area contributed by atoms with E-state index in [2.05, 4.69) is 14.1 Å². The van der Waals surface area contributed by atoms with Crippen LogP contribution in [0.3, 0.4) is 0 Å². The lowest BCUT2D eigenvalue weighted by molar-refractivity contribution is -0.136. The fourth-order valence-corrected chi connectivity index (χ4v) is 2.34. The highest BCUT2D eigenvalue weighted by atomic mass is 35.5. The van der Waals surface area contributed by atoms with Gasteiger partial charge in [0.1, 0.15) is 6.26 Å². The maximum absolute atomic E-state index is 11.5. The lowest BCUT2D eigenvalue weighted by Gasteiger charge is -2.15. The molecule has 1 aromatic carbocycles. The summed E-state index contributed by atoms with van der Waals surface area (Å²) in [6, 6.07) is 7.10. The van der Waals surface area contributed by atoms with Crippen LogP contribution in [0.15, 0.2) is 36.2 Å². The van der Waals surface area contributed by atoms with Crippen LogP contribution in [-0.4, -0.2) is 34.6 Å². The number of carbonyl (C=O) groups excluding carboxylic acids is 1. The predicted octanol–water partition coefficient (Wildman–Crippen LogP) is 2.87. The molecule has 110 valence electrons. The van der Waals surface area contributed by atoms with Crippen molar-refractivity contribution in [2.45, 2.75) is 0 Å². The molecular weight excluding hydrogens is 314 g/mol. The average molecular weight is 326 g/mol. The first-order valence-electron chi connectivity index (χ1n) is 5.83. The summed E-state index contributed by atoms with van der Waals surface area (Å²) in [6.45, 7) is 0. The highest BCUT2D eigenvalue weighted by molar-refractivity contribution is 7.10. The van der Waals surface area contributed by atoms with Crippen molar-refractivity contribution in [2.75, 3.05) is 19.1 Å². The van der Waals surface area contributed by atoms with Crippen molar-refractivity contribution in [3.05, 3.63) is 41.2 Å². The monoisotopic (exact) mass is 325 g/mol. The first-order valence-corrected chi connectivity index (χ1v) is 6.98. The van der Waals surface area contributed by atoms with E-state index >= 15 is 0 Å². The molecule has 1 N–H and O–H groups in total. The lowest BCUT2D eigenvalue weighted by Crippen LogP contribution is -2.24. The van der Waals surface area contributed by atoms with E-state index in [1.54, 1.807) is 31.3 Å². The molecular formula is C13H12ClN3O3S. The summed E-state index contributed by atoms with van der Waals surface area (Å²) < 4.78 is 8.81. The Balaban J connectivity index is 2.27. The van der Waals surface area contributed by atoms with Crippen LogP contribution < -0.4 is 4.90 Å². The molecule has 0 saturated carbocycles. The standard InChI is InChI=1S/C13H12ClN3O3S/c1-17(10(7-18)12(19)20-2)13-15-11(16-21-13)8-3-5-9(14)6-4-8/h3-7,18H,1-2H3.